The van der Waals surface area contributed by atoms with Gasteiger partial charge in [-0.15, -0.1) is 11.8 Å². The molecular formula is C19H30N2O4S. The van der Waals surface area contributed by atoms with Gasteiger partial charge in [0.05, 0.1) is 12.3 Å². The molecule has 1 saturated carbocycles. The minimum atomic E-state index is -1.06. The second-order valence-corrected chi connectivity index (χ2v) is 8.76. The van der Waals surface area contributed by atoms with Gasteiger partial charge in [0, 0.05) is 28.1 Å². The Bertz CT molecular complexity index is 610. The molecule has 0 bridgehead atoms. The molecule has 1 fully saturated rings. The summed E-state index contributed by atoms with van der Waals surface area (Å²) in [5.41, 5.74) is 1.12. The van der Waals surface area contributed by atoms with Crippen LogP contribution in [0.5, 0.6) is 0 Å². The van der Waals surface area contributed by atoms with Gasteiger partial charge >= 0.3 is 11.9 Å². The zero-order valence-electron chi connectivity index (χ0n) is 15.8. The van der Waals surface area contributed by atoms with E-state index < -0.39 is 17.9 Å². The van der Waals surface area contributed by atoms with Crippen LogP contribution in [0.4, 0.5) is 0 Å². The van der Waals surface area contributed by atoms with Gasteiger partial charge in [-0.25, -0.2) is 0 Å². The standard InChI is InChI=1S/C19H30N2O4S/c1-12-16(8-9-20-12)26-17(13-6-4-5-7-13)11-15(21(2)3)14(19(24)25)10-18(22)23/h8-9,13-15,17,20H,4-7,10-11H2,1-3H3,(H,22,23)(H,24,25). The van der Waals surface area contributed by atoms with Gasteiger partial charge < -0.3 is 20.1 Å². The molecule has 1 heterocycles. The summed E-state index contributed by atoms with van der Waals surface area (Å²) < 4.78 is 0. The molecule has 26 heavy (non-hydrogen) atoms. The third kappa shape index (κ3) is 5.51. The van der Waals surface area contributed by atoms with E-state index in [9.17, 15) is 14.7 Å². The number of hydrogen-bond donors (Lipinski definition) is 3. The van der Waals surface area contributed by atoms with E-state index in [1.165, 1.54) is 17.7 Å². The van der Waals surface area contributed by atoms with Crippen LogP contribution in [0.15, 0.2) is 17.2 Å². The Morgan fingerprint density at radius 2 is 1.96 bits per heavy atom. The SMILES string of the molecule is Cc1[nH]ccc1SC(CC(C(CC(=O)O)C(=O)O)N(C)C)C1CCCC1. The van der Waals surface area contributed by atoms with Gasteiger partial charge in [0.1, 0.15) is 0 Å². The molecule has 1 aromatic rings. The molecule has 2 rings (SSSR count). The Hall–Kier alpha value is -1.47. The monoisotopic (exact) mass is 382 g/mol. The van der Waals surface area contributed by atoms with E-state index in [1.807, 2.05) is 43.9 Å². The first-order chi connectivity index (χ1) is 12.3. The maximum Gasteiger partial charge on any atom is 0.308 e. The zero-order valence-corrected chi connectivity index (χ0v) is 16.6. The van der Waals surface area contributed by atoms with E-state index >= 15 is 0 Å². The quantitative estimate of drug-likeness (QED) is 0.537. The van der Waals surface area contributed by atoms with Crippen LogP contribution in [0.1, 0.15) is 44.2 Å². The number of carbonyl (C=O) groups is 2. The van der Waals surface area contributed by atoms with Crippen LogP contribution >= 0.6 is 11.8 Å². The van der Waals surface area contributed by atoms with Gasteiger partial charge in [-0.2, -0.15) is 0 Å². The topological polar surface area (TPSA) is 93.6 Å². The third-order valence-corrected chi connectivity index (χ3v) is 7.00. The van der Waals surface area contributed by atoms with Gasteiger partial charge in [0.25, 0.3) is 0 Å². The Labute approximate surface area is 159 Å². The first kappa shape index (κ1) is 20.8. The van der Waals surface area contributed by atoms with Crippen LogP contribution in [0, 0.1) is 18.8 Å². The molecule has 3 atom stereocenters. The highest BCUT2D eigenvalue weighted by atomic mass is 32.2. The van der Waals surface area contributed by atoms with Gasteiger partial charge in [0.2, 0.25) is 0 Å². The maximum absolute atomic E-state index is 11.8. The van der Waals surface area contributed by atoms with Crippen molar-refractivity contribution >= 4 is 23.7 Å². The van der Waals surface area contributed by atoms with E-state index in [4.69, 9.17) is 5.11 Å². The second kappa shape index (κ2) is 9.46. The lowest BCUT2D eigenvalue weighted by atomic mass is 9.88. The Kier molecular flexibility index (Phi) is 7.58. The molecule has 7 heteroatoms. The average molecular weight is 383 g/mol. The van der Waals surface area contributed by atoms with Crippen LogP contribution in [0.25, 0.3) is 0 Å². The fraction of sp³-hybridized carbons (Fsp3) is 0.684. The number of aliphatic carboxylic acids is 2. The first-order valence-electron chi connectivity index (χ1n) is 9.21. The molecule has 1 aliphatic rings. The van der Waals surface area contributed by atoms with Crippen molar-refractivity contribution in [2.45, 2.75) is 61.6 Å². The molecule has 1 aromatic heterocycles. The van der Waals surface area contributed by atoms with E-state index in [0.717, 1.165) is 18.5 Å². The molecule has 146 valence electrons. The minimum Gasteiger partial charge on any atom is -0.481 e. The molecule has 0 aromatic carbocycles. The number of nitrogens with one attached hydrogen (secondary N) is 1. The molecule has 1 aliphatic carbocycles. The van der Waals surface area contributed by atoms with E-state index in [2.05, 4.69) is 11.1 Å². The number of nitrogens with zero attached hydrogens (tertiary/aromatic N) is 1. The van der Waals surface area contributed by atoms with Crippen molar-refractivity contribution in [3.8, 4) is 0 Å². The summed E-state index contributed by atoms with van der Waals surface area (Å²) in [6.07, 6.45) is 7.03. The number of aryl methyl sites for hydroxylation is 1. The predicted molar refractivity (Wildman–Crippen MR) is 103 cm³/mol. The zero-order chi connectivity index (χ0) is 19.3. The number of thioether (sulfide) groups is 1. The number of H-pyrrole nitrogens is 1. The Morgan fingerprint density at radius 1 is 1.31 bits per heavy atom. The highest BCUT2D eigenvalue weighted by molar-refractivity contribution is 8.00. The molecule has 0 amide bonds. The normalized spacial score (nSPS) is 18.8. The second-order valence-electron chi connectivity index (χ2n) is 7.48. The van der Waals surface area contributed by atoms with E-state index in [0.29, 0.717) is 12.3 Å². The average Bonchev–Trinajstić information content (AvgIpc) is 3.21. The fourth-order valence-corrected chi connectivity index (χ4v) is 5.41. The van der Waals surface area contributed by atoms with E-state index in [-0.39, 0.29) is 17.7 Å². The smallest absolute Gasteiger partial charge is 0.308 e. The molecule has 6 nitrogen and oxygen atoms in total. The van der Waals surface area contributed by atoms with Gasteiger partial charge in [-0.1, -0.05) is 12.8 Å². The summed E-state index contributed by atoms with van der Waals surface area (Å²) in [7, 11) is 3.70. The summed E-state index contributed by atoms with van der Waals surface area (Å²) in [4.78, 5) is 29.2. The van der Waals surface area contributed by atoms with Crippen molar-refractivity contribution < 1.29 is 19.8 Å². The largest absolute Gasteiger partial charge is 0.481 e. The summed E-state index contributed by atoms with van der Waals surface area (Å²) >= 11 is 1.81. The van der Waals surface area contributed by atoms with Crippen LogP contribution in [0.3, 0.4) is 0 Å². The Morgan fingerprint density at radius 3 is 2.42 bits per heavy atom. The summed E-state index contributed by atoms with van der Waals surface area (Å²) in [6, 6.07) is 1.76. The third-order valence-electron chi connectivity index (χ3n) is 5.42. The predicted octanol–water partition coefficient (Wildman–Crippen LogP) is 3.47. The van der Waals surface area contributed by atoms with E-state index in [1.54, 1.807) is 0 Å². The van der Waals surface area contributed by atoms with Crippen molar-refractivity contribution in [1.82, 2.24) is 9.88 Å². The lowest BCUT2D eigenvalue weighted by molar-refractivity contribution is -0.150. The van der Waals surface area contributed by atoms with Crippen molar-refractivity contribution in [1.29, 1.82) is 0 Å². The highest BCUT2D eigenvalue weighted by Gasteiger charge is 2.36. The molecule has 3 N–H and O–H groups in total. The van der Waals surface area contributed by atoms with Crippen LogP contribution in [-0.2, 0) is 9.59 Å². The molecule has 0 spiro atoms. The highest BCUT2D eigenvalue weighted by Crippen LogP contribution is 2.41. The molecule has 0 radical (unpaired) electrons. The summed E-state index contributed by atoms with van der Waals surface area (Å²) in [6.45, 7) is 2.04. The van der Waals surface area contributed by atoms with Crippen molar-refractivity contribution in [2.24, 2.45) is 11.8 Å². The number of hydrogen-bond acceptors (Lipinski definition) is 4. The van der Waals surface area contributed by atoms with Crippen molar-refractivity contribution in [2.75, 3.05) is 14.1 Å². The minimum absolute atomic E-state index is 0.287. The first-order valence-corrected chi connectivity index (χ1v) is 10.1. The molecule has 3 unspecified atom stereocenters. The molecule has 0 saturated heterocycles. The summed E-state index contributed by atoms with van der Waals surface area (Å²) in [5.74, 6) is -2.44. The molecular weight excluding hydrogens is 352 g/mol. The number of aromatic amines is 1. The van der Waals surface area contributed by atoms with Crippen molar-refractivity contribution in [3.63, 3.8) is 0 Å². The number of rotatable bonds is 10. The van der Waals surface area contributed by atoms with Crippen LogP contribution < -0.4 is 0 Å². The maximum atomic E-state index is 11.8. The van der Waals surface area contributed by atoms with Crippen molar-refractivity contribution in [3.05, 3.63) is 18.0 Å². The van der Waals surface area contributed by atoms with Crippen LogP contribution in [0.2, 0.25) is 0 Å². The van der Waals surface area contributed by atoms with Gasteiger partial charge in [0.15, 0.2) is 0 Å². The Balaban J connectivity index is 2.22. The lowest BCUT2D eigenvalue weighted by Gasteiger charge is -2.34. The molecule has 0 aliphatic heterocycles. The summed E-state index contributed by atoms with van der Waals surface area (Å²) in [5, 5.41) is 19.1. The van der Waals surface area contributed by atoms with Gasteiger partial charge in [-0.3, -0.25) is 9.59 Å². The van der Waals surface area contributed by atoms with Crippen LogP contribution in [-0.4, -0.2) is 57.4 Å². The number of aromatic nitrogens is 1. The lowest BCUT2D eigenvalue weighted by Crippen LogP contribution is -2.43. The number of carboxylic acid groups (broad SMARTS) is 2. The number of carboxylic acids is 2. The van der Waals surface area contributed by atoms with Gasteiger partial charge in [-0.05, 0) is 52.3 Å². The fourth-order valence-electron chi connectivity index (χ4n) is 3.94.